The molecule has 0 spiro atoms. The molecule has 0 aliphatic heterocycles. The zero-order valence-electron chi connectivity index (χ0n) is 12.1. The Bertz CT molecular complexity index is 386. The number of rotatable bonds is 7. The van der Waals surface area contributed by atoms with Crippen LogP contribution in [0.3, 0.4) is 0 Å². The first kappa shape index (κ1) is 14.4. The molecule has 3 heteroatoms. The molecule has 0 unspecified atom stereocenters. The Morgan fingerprint density at radius 2 is 1.89 bits per heavy atom. The highest BCUT2D eigenvalue weighted by atomic mass is 16.5. The van der Waals surface area contributed by atoms with Crippen molar-refractivity contribution in [2.24, 2.45) is 0 Å². The third kappa shape index (κ3) is 3.28. The third-order valence-electron chi connectivity index (χ3n) is 4.19. The highest BCUT2D eigenvalue weighted by molar-refractivity contribution is 5.40. The van der Waals surface area contributed by atoms with Crippen molar-refractivity contribution < 1.29 is 9.47 Å². The zero-order chi connectivity index (χ0) is 13.6. The SMILES string of the molecule is COCCNCC1(c2ccccc2OC)CCCC1. The van der Waals surface area contributed by atoms with Crippen molar-refractivity contribution in [1.82, 2.24) is 5.32 Å². The fourth-order valence-corrected chi connectivity index (χ4v) is 3.18. The van der Waals surface area contributed by atoms with Crippen LogP contribution in [0.1, 0.15) is 31.2 Å². The highest BCUT2D eigenvalue weighted by Crippen LogP contribution is 2.44. The molecule has 1 aromatic rings. The van der Waals surface area contributed by atoms with Crippen molar-refractivity contribution in [2.75, 3.05) is 33.9 Å². The molecule has 0 saturated heterocycles. The van der Waals surface area contributed by atoms with Crippen LogP contribution in [0.15, 0.2) is 24.3 Å². The largest absolute Gasteiger partial charge is 0.496 e. The van der Waals surface area contributed by atoms with Gasteiger partial charge < -0.3 is 14.8 Å². The minimum atomic E-state index is 0.236. The fraction of sp³-hybridized carbons (Fsp3) is 0.625. The smallest absolute Gasteiger partial charge is 0.122 e. The van der Waals surface area contributed by atoms with E-state index in [2.05, 4.69) is 23.5 Å². The maximum absolute atomic E-state index is 5.56. The number of hydrogen-bond donors (Lipinski definition) is 1. The monoisotopic (exact) mass is 263 g/mol. The molecule has 0 amide bonds. The van der Waals surface area contributed by atoms with Crippen LogP contribution in [-0.2, 0) is 10.2 Å². The minimum Gasteiger partial charge on any atom is -0.496 e. The van der Waals surface area contributed by atoms with E-state index in [9.17, 15) is 0 Å². The van der Waals surface area contributed by atoms with E-state index in [0.29, 0.717) is 0 Å². The van der Waals surface area contributed by atoms with E-state index >= 15 is 0 Å². The normalized spacial score (nSPS) is 17.6. The van der Waals surface area contributed by atoms with Gasteiger partial charge in [-0.1, -0.05) is 31.0 Å². The molecule has 0 radical (unpaired) electrons. The molecule has 19 heavy (non-hydrogen) atoms. The summed E-state index contributed by atoms with van der Waals surface area (Å²) < 4.78 is 10.7. The molecule has 2 rings (SSSR count). The molecule has 3 nitrogen and oxygen atoms in total. The molecule has 0 bridgehead atoms. The fourth-order valence-electron chi connectivity index (χ4n) is 3.18. The molecule has 0 heterocycles. The number of para-hydroxylation sites is 1. The first-order chi connectivity index (χ1) is 9.32. The lowest BCUT2D eigenvalue weighted by atomic mass is 9.78. The van der Waals surface area contributed by atoms with Crippen LogP contribution >= 0.6 is 0 Å². The summed E-state index contributed by atoms with van der Waals surface area (Å²) in [6, 6.07) is 8.46. The Balaban J connectivity index is 2.14. The zero-order valence-corrected chi connectivity index (χ0v) is 12.1. The Morgan fingerprint density at radius 1 is 1.16 bits per heavy atom. The lowest BCUT2D eigenvalue weighted by Crippen LogP contribution is -2.37. The lowest BCUT2D eigenvalue weighted by Gasteiger charge is -2.31. The molecule has 1 aliphatic rings. The lowest BCUT2D eigenvalue weighted by molar-refractivity contribution is 0.196. The van der Waals surface area contributed by atoms with Crippen molar-refractivity contribution in [3.05, 3.63) is 29.8 Å². The highest BCUT2D eigenvalue weighted by Gasteiger charge is 2.37. The Hall–Kier alpha value is -1.06. The summed E-state index contributed by atoms with van der Waals surface area (Å²) >= 11 is 0. The first-order valence-electron chi connectivity index (χ1n) is 7.15. The first-order valence-corrected chi connectivity index (χ1v) is 7.15. The Morgan fingerprint density at radius 3 is 2.58 bits per heavy atom. The molecular formula is C16H25NO2. The van der Waals surface area contributed by atoms with Crippen molar-refractivity contribution in [3.8, 4) is 5.75 Å². The van der Waals surface area contributed by atoms with Gasteiger partial charge in [0.1, 0.15) is 5.75 Å². The molecule has 1 aromatic carbocycles. The van der Waals surface area contributed by atoms with Gasteiger partial charge >= 0.3 is 0 Å². The van der Waals surface area contributed by atoms with Gasteiger partial charge in [0.05, 0.1) is 13.7 Å². The van der Waals surface area contributed by atoms with Crippen molar-refractivity contribution in [1.29, 1.82) is 0 Å². The molecule has 106 valence electrons. The maximum atomic E-state index is 5.56. The molecule has 1 N–H and O–H groups in total. The Kier molecular flexibility index (Phi) is 5.23. The summed E-state index contributed by atoms with van der Waals surface area (Å²) in [5, 5.41) is 3.54. The van der Waals surface area contributed by atoms with Crippen molar-refractivity contribution in [3.63, 3.8) is 0 Å². The Labute approximate surface area is 116 Å². The van der Waals surface area contributed by atoms with Gasteiger partial charge in [0.2, 0.25) is 0 Å². The quantitative estimate of drug-likeness (QED) is 0.767. The van der Waals surface area contributed by atoms with Gasteiger partial charge in [-0.25, -0.2) is 0 Å². The second-order valence-corrected chi connectivity index (χ2v) is 5.36. The van der Waals surface area contributed by atoms with E-state index in [4.69, 9.17) is 9.47 Å². The van der Waals surface area contributed by atoms with Crippen molar-refractivity contribution >= 4 is 0 Å². The van der Waals surface area contributed by atoms with Gasteiger partial charge in [-0.05, 0) is 18.9 Å². The summed E-state index contributed by atoms with van der Waals surface area (Å²) in [4.78, 5) is 0. The molecule has 1 saturated carbocycles. The van der Waals surface area contributed by atoms with Crippen LogP contribution in [0.5, 0.6) is 5.75 Å². The predicted molar refractivity (Wildman–Crippen MR) is 77.9 cm³/mol. The average molecular weight is 263 g/mol. The summed E-state index contributed by atoms with van der Waals surface area (Å²) in [5.41, 5.74) is 1.60. The number of nitrogens with one attached hydrogen (secondary N) is 1. The second kappa shape index (κ2) is 6.92. The van der Waals surface area contributed by atoms with Crippen LogP contribution in [0.25, 0.3) is 0 Å². The summed E-state index contributed by atoms with van der Waals surface area (Å²) in [6.07, 6.45) is 5.11. The van der Waals surface area contributed by atoms with E-state index in [0.717, 1.165) is 25.4 Å². The third-order valence-corrected chi connectivity index (χ3v) is 4.19. The van der Waals surface area contributed by atoms with Crippen LogP contribution in [0.2, 0.25) is 0 Å². The molecule has 0 atom stereocenters. The predicted octanol–water partition coefficient (Wildman–Crippen LogP) is 2.74. The topological polar surface area (TPSA) is 30.5 Å². The van der Waals surface area contributed by atoms with Crippen LogP contribution in [0, 0.1) is 0 Å². The second-order valence-electron chi connectivity index (χ2n) is 5.36. The van der Waals surface area contributed by atoms with Gasteiger partial charge in [0.15, 0.2) is 0 Å². The maximum Gasteiger partial charge on any atom is 0.122 e. The summed E-state index contributed by atoms with van der Waals surface area (Å²) in [5.74, 6) is 1.03. The van der Waals surface area contributed by atoms with Gasteiger partial charge in [-0.2, -0.15) is 0 Å². The number of benzene rings is 1. The number of methoxy groups -OCH3 is 2. The van der Waals surface area contributed by atoms with Gasteiger partial charge in [0, 0.05) is 31.2 Å². The molecule has 0 aromatic heterocycles. The average Bonchev–Trinajstić information content (AvgIpc) is 2.93. The molecule has 1 aliphatic carbocycles. The molecular weight excluding hydrogens is 238 g/mol. The van der Waals surface area contributed by atoms with Crippen LogP contribution < -0.4 is 10.1 Å². The van der Waals surface area contributed by atoms with Crippen LogP contribution in [-0.4, -0.2) is 33.9 Å². The molecule has 1 fully saturated rings. The van der Waals surface area contributed by atoms with Crippen molar-refractivity contribution in [2.45, 2.75) is 31.1 Å². The van der Waals surface area contributed by atoms with E-state index in [1.807, 2.05) is 6.07 Å². The van der Waals surface area contributed by atoms with E-state index in [-0.39, 0.29) is 5.41 Å². The van der Waals surface area contributed by atoms with Gasteiger partial charge in [-0.3, -0.25) is 0 Å². The number of hydrogen-bond acceptors (Lipinski definition) is 3. The summed E-state index contributed by atoms with van der Waals surface area (Å²) in [7, 11) is 3.51. The summed E-state index contributed by atoms with van der Waals surface area (Å²) in [6.45, 7) is 2.69. The van der Waals surface area contributed by atoms with Gasteiger partial charge in [0.25, 0.3) is 0 Å². The minimum absolute atomic E-state index is 0.236. The number of ether oxygens (including phenoxy) is 2. The van der Waals surface area contributed by atoms with E-state index in [1.54, 1.807) is 14.2 Å². The van der Waals surface area contributed by atoms with E-state index < -0.39 is 0 Å². The van der Waals surface area contributed by atoms with E-state index in [1.165, 1.54) is 31.2 Å². The standard InChI is InChI=1S/C16H25NO2/c1-18-12-11-17-13-16(9-5-6-10-16)14-7-3-4-8-15(14)19-2/h3-4,7-8,17H,5-6,9-13H2,1-2H3. The van der Waals surface area contributed by atoms with Crippen LogP contribution in [0.4, 0.5) is 0 Å². The van der Waals surface area contributed by atoms with Gasteiger partial charge in [-0.15, -0.1) is 0 Å².